The van der Waals surface area contributed by atoms with Gasteiger partial charge in [0.05, 0.1) is 23.9 Å². The number of hydrogen-bond donors (Lipinski definition) is 1. The molecule has 3 aromatic heterocycles. The van der Waals surface area contributed by atoms with Gasteiger partial charge in [0.25, 0.3) is 0 Å². The molecule has 0 fully saturated rings. The minimum Gasteiger partial charge on any atom is -0.497 e. The van der Waals surface area contributed by atoms with Crippen LogP contribution in [-0.2, 0) is 6.61 Å². The summed E-state index contributed by atoms with van der Waals surface area (Å²) in [5.41, 5.74) is 3.74. The van der Waals surface area contributed by atoms with Crippen molar-refractivity contribution in [2.75, 3.05) is 7.11 Å². The molecule has 1 N–H and O–H groups in total. The molecule has 5 rings (SSSR count). The number of aromatic carboxylic acids is 1. The van der Waals surface area contributed by atoms with Gasteiger partial charge in [0.1, 0.15) is 18.1 Å². The van der Waals surface area contributed by atoms with Crippen molar-refractivity contribution in [1.29, 1.82) is 0 Å². The molecule has 0 saturated heterocycles. The van der Waals surface area contributed by atoms with Crippen molar-refractivity contribution >= 4 is 22.5 Å². The zero-order valence-corrected chi connectivity index (χ0v) is 17.9. The van der Waals surface area contributed by atoms with E-state index in [0.717, 1.165) is 22.2 Å². The van der Waals surface area contributed by atoms with E-state index in [1.54, 1.807) is 49.0 Å². The number of fused-ring (bicyclic) bond motifs is 2. The fourth-order valence-electron chi connectivity index (χ4n) is 3.64. The molecule has 0 aliphatic carbocycles. The molecule has 0 atom stereocenters. The summed E-state index contributed by atoms with van der Waals surface area (Å²) in [6.45, 7) is 1.91. The SMILES string of the molecule is COc1ccc2c(OCc3nnc4ccc(-c5ccc(C(=O)O)c(C)c5)nn34)ccnc2c1. The maximum atomic E-state index is 11.3. The van der Waals surface area contributed by atoms with Crippen molar-refractivity contribution in [2.45, 2.75) is 13.5 Å². The highest BCUT2D eigenvalue weighted by atomic mass is 16.5. The van der Waals surface area contributed by atoms with Gasteiger partial charge in [-0.15, -0.1) is 10.2 Å². The van der Waals surface area contributed by atoms with E-state index in [4.69, 9.17) is 9.47 Å². The van der Waals surface area contributed by atoms with E-state index in [-0.39, 0.29) is 12.2 Å². The Morgan fingerprint density at radius 1 is 1.06 bits per heavy atom. The topological polar surface area (TPSA) is 112 Å². The van der Waals surface area contributed by atoms with E-state index in [1.807, 2.05) is 30.3 Å². The first-order valence-corrected chi connectivity index (χ1v) is 10.1. The van der Waals surface area contributed by atoms with Crippen LogP contribution in [0.15, 0.2) is 60.8 Å². The van der Waals surface area contributed by atoms with Crippen LogP contribution < -0.4 is 9.47 Å². The standard InChI is InChI=1S/C24H19N5O4/c1-14-11-15(3-5-17(14)24(30)31)19-7-8-22-26-27-23(29(22)28-19)13-33-21-9-10-25-20-12-16(32-2)4-6-18(20)21/h3-12H,13H2,1-2H3,(H,30,31). The molecule has 0 radical (unpaired) electrons. The van der Waals surface area contributed by atoms with E-state index in [0.29, 0.717) is 28.5 Å². The molecule has 0 bridgehead atoms. The Balaban J connectivity index is 1.45. The van der Waals surface area contributed by atoms with Gasteiger partial charge in [0.15, 0.2) is 11.5 Å². The van der Waals surface area contributed by atoms with Crippen molar-refractivity contribution in [3.8, 4) is 22.8 Å². The van der Waals surface area contributed by atoms with Gasteiger partial charge >= 0.3 is 5.97 Å². The first-order valence-electron chi connectivity index (χ1n) is 10.1. The summed E-state index contributed by atoms with van der Waals surface area (Å²) in [5.74, 6) is 0.960. The van der Waals surface area contributed by atoms with Crippen LogP contribution in [0.1, 0.15) is 21.7 Å². The summed E-state index contributed by atoms with van der Waals surface area (Å²) in [6.07, 6.45) is 1.68. The van der Waals surface area contributed by atoms with Gasteiger partial charge in [-0.1, -0.05) is 6.07 Å². The minimum absolute atomic E-state index is 0.153. The number of rotatable bonds is 6. The van der Waals surface area contributed by atoms with E-state index in [1.165, 1.54) is 0 Å². The predicted octanol–water partition coefficient (Wildman–Crippen LogP) is 3.93. The number of carboxylic acid groups (broad SMARTS) is 1. The molecule has 3 heterocycles. The Labute approximate surface area is 188 Å². The van der Waals surface area contributed by atoms with Gasteiger partial charge < -0.3 is 14.6 Å². The molecule has 0 saturated carbocycles. The Morgan fingerprint density at radius 2 is 1.94 bits per heavy atom. The molecule has 9 nitrogen and oxygen atoms in total. The van der Waals surface area contributed by atoms with Gasteiger partial charge in [0.2, 0.25) is 0 Å². The number of pyridine rings is 1. The summed E-state index contributed by atoms with van der Waals surface area (Å²) >= 11 is 0. The lowest BCUT2D eigenvalue weighted by Crippen LogP contribution is -2.05. The summed E-state index contributed by atoms with van der Waals surface area (Å²) in [5, 5.41) is 23.2. The second-order valence-corrected chi connectivity index (χ2v) is 7.42. The van der Waals surface area contributed by atoms with Gasteiger partial charge in [0, 0.05) is 23.2 Å². The van der Waals surface area contributed by atoms with Crippen LogP contribution in [0.5, 0.6) is 11.5 Å². The van der Waals surface area contributed by atoms with Crippen molar-refractivity contribution in [3.05, 3.63) is 77.7 Å². The molecule has 0 spiro atoms. The number of hydrogen-bond acceptors (Lipinski definition) is 7. The summed E-state index contributed by atoms with van der Waals surface area (Å²) in [4.78, 5) is 15.7. The zero-order valence-electron chi connectivity index (χ0n) is 17.9. The van der Waals surface area contributed by atoms with Crippen molar-refractivity contribution in [2.24, 2.45) is 0 Å². The van der Waals surface area contributed by atoms with E-state index in [9.17, 15) is 9.90 Å². The molecule has 0 amide bonds. The number of nitrogens with zero attached hydrogens (tertiary/aromatic N) is 5. The van der Waals surface area contributed by atoms with Gasteiger partial charge in [-0.2, -0.15) is 9.61 Å². The number of carbonyl (C=O) groups is 1. The Kier molecular flexibility index (Phi) is 5.06. The highest BCUT2D eigenvalue weighted by Gasteiger charge is 2.13. The lowest BCUT2D eigenvalue weighted by molar-refractivity contribution is 0.0696. The second kappa shape index (κ2) is 8.19. The summed E-state index contributed by atoms with van der Waals surface area (Å²) < 4.78 is 12.9. The lowest BCUT2D eigenvalue weighted by atomic mass is 10.0. The quantitative estimate of drug-likeness (QED) is 0.422. The largest absolute Gasteiger partial charge is 0.497 e. The molecule has 9 heteroatoms. The third kappa shape index (κ3) is 3.80. The van der Waals surface area contributed by atoms with Crippen LogP contribution in [-0.4, -0.2) is 43.0 Å². The van der Waals surface area contributed by atoms with E-state index in [2.05, 4.69) is 20.3 Å². The van der Waals surface area contributed by atoms with Crippen LogP contribution in [0.4, 0.5) is 0 Å². The van der Waals surface area contributed by atoms with Gasteiger partial charge in [-0.25, -0.2) is 4.79 Å². The lowest BCUT2D eigenvalue weighted by Gasteiger charge is -2.09. The summed E-state index contributed by atoms with van der Waals surface area (Å²) in [7, 11) is 1.61. The number of carboxylic acids is 1. The summed E-state index contributed by atoms with van der Waals surface area (Å²) in [6, 6.07) is 16.2. The van der Waals surface area contributed by atoms with Gasteiger partial charge in [-0.05, 0) is 55.0 Å². The average Bonchev–Trinajstić information content (AvgIpc) is 3.24. The smallest absolute Gasteiger partial charge is 0.335 e. The highest BCUT2D eigenvalue weighted by Crippen LogP contribution is 2.28. The number of aryl methyl sites for hydroxylation is 1. The first kappa shape index (κ1) is 20.4. The van der Waals surface area contributed by atoms with E-state index >= 15 is 0 Å². The molecule has 2 aromatic carbocycles. The van der Waals surface area contributed by atoms with Crippen molar-refractivity contribution in [3.63, 3.8) is 0 Å². The molecule has 5 aromatic rings. The number of benzene rings is 2. The minimum atomic E-state index is -0.956. The van der Waals surface area contributed by atoms with Crippen LogP contribution in [0, 0.1) is 6.92 Å². The van der Waals surface area contributed by atoms with Crippen LogP contribution in [0.3, 0.4) is 0 Å². The van der Waals surface area contributed by atoms with Crippen LogP contribution in [0.25, 0.3) is 27.8 Å². The normalized spacial score (nSPS) is 11.1. The average molecular weight is 441 g/mol. The predicted molar refractivity (Wildman–Crippen MR) is 121 cm³/mol. The number of methoxy groups -OCH3 is 1. The molecule has 0 aliphatic heterocycles. The third-order valence-corrected chi connectivity index (χ3v) is 5.35. The third-order valence-electron chi connectivity index (χ3n) is 5.35. The van der Waals surface area contributed by atoms with Crippen LogP contribution in [0.2, 0.25) is 0 Å². The van der Waals surface area contributed by atoms with Crippen LogP contribution >= 0.6 is 0 Å². The fourth-order valence-corrected chi connectivity index (χ4v) is 3.64. The molecular formula is C24H19N5O4. The number of aromatic nitrogens is 5. The molecule has 164 valence electrons. The molecule has 33 heavy (non-hydrogen) atoms. The monoisotopic (exact) mass is 441 g/mol. The highest BCUT2D eigenvalue weighted by molar-refractivity contribution is 5.90. The van der Waals surface area contributed by atoms with Crippen molar-refractivity contribution < 1.29 is 19.4 Å². The molecule has 0 unspecified atom stereocenters. The maximum Gasteiger partial charge on any atom is 0.335 e. The maximum absolute atomic E-state index is 11.3. The van der Waals surface area contributed by atoms with Crippen molar-refractivity contribution in [1.82, 2.24) is 24.8 Å². The first-order chi connectivity index (χ1) is 16.0. The molecule has 0 aliphatic rings. The Hall–Kier alpha value is -4.53. The second-order valence-electron chi connectivity index (χ2n) is 7.42. The Morgan fingerprint density at radius 3 is 2.73 bits per heavy atom. The van der Waals surface area contributed by atoms with Gasteiger partial charge in [-0.3, -0.25) is 4.98 Å². The van der Waals surface area contributed by atoms with E-state index < -0.39 is 5.97 Å². The Bertz CT molecular complexity index is 1510. The fraction of sp³-hybridized carbons (Fsp3) is 0.125. The molecular weight excluding hydrogens is 422 g/mol. The zero-order chi connectivity index (χ0) is 22.9. The number of ether oxygens (including phenoxy) is 2.